The molecule has 1 aliphatic rings. The normalized spacial score (nSPS) is 14.9. The lowest BCUT2D eigenvalue weighted by Gasteiger charge is -2.27. The average Bonchev–Trinajstić information content (AvgIpc) is 3.19. The molecule has 1 fully saturated rings. The molecular formula is C12H21N5O. The Hall–Kier alpha value is -1.40. The quantitative estimate of drug-likeness (QED) is 0.513. The van der Waals surface area contributed by atoms with Crippen molar-refractivity contribution in [1.82, 2.24) is 9.97 Å². The van der Waals surface area contributed by atoms with Gasteiger partial charge in [-0.3, -0.25) is 0 Å². The summed E-state index contributed by atoms with van der Waals surface area (Å²) >= 11 is 0. The van der Waals surface area contributed by atoms with Gasteiger partial charge >= 0.3 is 0 Å². The second-order valence-corrected chi connectivity index (χ2v) is 4.91. The molecule has 0 radical (unpaired) electrons. The molecule has 0 unspecified atom stereocenters. The molecule has 0 saturated heterocycles. The van der Waals surface area contributed by atoms with Crippen molar-refractivity contribution in [2.24, 2.45) is 5.84 Å². The summed E-state index contributed by atoms with van der Waals surface area (Å²) in [6.45, 7) is 4.91. The van der Waals surface area contributed by atoms with Gasteiger partial charge in [0, 0.05) is 18.2 Å². The maximum atomic E-state index is 9.21. The highest BCUT2D eigenvalue weighted by molar-refractivity contribution is 5.60. The molecule has 1 aromatic heterocycles. The fraction of sp³-hybridized carbons (Fsp3) is 0.667. The summed E-state index contributed by atoms with van der Waals surface area (Å²) in [6, 6.07) is 0.496. The first-order valence-electron chi connectivity index (χ1n) is 6.38. The molecule has 0 aromatic carbocycles. The third-order valence-corrected chi connectivity index (χ3v) is 3.18. The highest BCUT2D eigenvalue weighted by atomic mass is 16.3. The number of aliphatic hydroxyl groups excluding tert-OH is 1. The number of anilines is 2. The third-order valence-electron chi connectivity index (χ3n) is 3.18. The minimum Gasteiger partial charge on any atom is -0.395 e. The van der Waals surface area contributed by atoms with Crippen LogP contribution >= 0.6 is 0 Å². The van der Waals surface area contributed by atoms with Crippen LogP contribution in [-0.2, 0) is 0 Å². The lowest BCUT2D eigenvalue weighted by Crippen LogP contribution is -2.31. The molecule has 18 heavy (non-hydrogen) atoms. The summed E-state index contributed by atoms with van der Waals surface area (Å²) in [5.41, 5.74) is 3.65. The van der Waals surface area contributed by atoms with E-state index < -0.39 is 0 Å². The van der Waals surface area contributed by atoms with Crippen LogP contribution in [0.4, 0.5) is 11.6 Å². The molecule has 100 valence electrons. The van der Waals surface area contributed by atoms with Crippen LogP contribution in [0.15, 0.2) is 6.33 Å². The number of nitrogens with zero attached hydrogens (tertiary/aromatic N) is 3. The van der Waals surface area contributed by atoms with Gasteiger partial charge in [-0.05, 0) is 18.8 Å². The number of rotatable bonds is 6. The summed E-state index contributed by atoms with van der Waals surface area (Å²) in [5.74, 6) is 7.34. The van der Waals surface area contributed by atoms with E-state index in [0.29, 0.717) is 18.4 Å². The fourth-order valence-electron chi connectivity index (χ4n) is 2.22. The van der Waals surface area contributed by atoms with Gasteiger partial charge in [-0.25, -0.2) is 15.8 Å². The summed E-state index contributed by atoms with van der Waals surface area (Å²) in [4.78, 5) is 10.7. The Kier molecular flexibility index (Phi) is 3.98. The first kappa shape index (κ1) is 13.0. The zero-order valence-electron chi connectivity index (χ0n) is 10.9. The van der Waals surface area contributed by atoms with E-state index in [0.717, 1.165) is 24.2 Å². The largest absolute Gasteiger partial charge is 0.395 e. The summed E-state index contributed by atoms with van der Waals surface area (Å²) < 4.78 is 0. The van der Waals surface area contributed by atoms with E-state index in [1.807, 2.05) is 0 Å². The minimum atomic E-state index is 0.128. The minimum absolute atomic E-state index is 0.128. The first-order valence-corrected chi connectivity index (χ1v) is 6.38. The molecule has 1 aromatic rings. The molecule has 0 amide bonds. The van der Waals surface area contributed by atoms with E-state index >= 15 is 0 Å². The number of nitrogen functional groups attached to an aromatic ring is 1. The molecule has 6 heteroatoms. The molecule has 1 aliphatic carbocycles. The van der Waals surface area contributed by atoms with Gasteiger partial charge in [-0.2, -0.15) is 0 Å². The molecule has 1 saturated carbocycles. The molecule has 2 rings (SSSR count). The Morgan fingerprint density at radius 2 is 2.22 bits per heavy atom. The summed E-state index contributed by atoms with van der Waals surface area (Å²) in [6.07, 6.45) is 3.84. The number of nitrogens with one attached hydrogen (secondary N) is 1. The molecule has 0 spiro atoms. The van der Waals surface area contributed by atoms with E-state index in [1.54, 1.807) is 0 Å². The van der Waals surface area contributed by atoms with Crippen molar-refractivity contribution in [2.45, 2.75) is 38.6 Å². The Morgan fingerprint density at radius 1 is 1.50 bits per heavy atom. The van der Waals surface area contributed by atoms with Gasteiger partial charge < -0.3 is 15.4 Å². The Bertz CT molecular complexity index is 405. The maximum absolute atomic E-state index is 9.21. The number of aromatic nitrogens is 2. The lowest BCUT2D eigenvalue weighted by molar-refractivity contribution is 0.301. The predicted octanol–water partition coefficient (Wildman–Crippen LogP) is 0.847. The van der Waals surface area contributed by atoms with E-state index in [9.17, 15) is 5.11 Å². The van der Waals surface area contributed by atoms with Crippen LogP contribution in [0.2, 0.25) is 0 Å². The smallest absolute Gasteiger partial charge is 0.148 e. The van der Waals surface area contributed by atoms with Crippen LogP contribution in [-0.4, -0.2) is 34.3 Å². The van der Waals surface area contributed by atoms with Crippen LogP contribution in [0, 0.1) is 0 Å². The van der Waals surface area contributed by atoms with Crippen LogP contribution in [0.5, 0.6) is 0 Å². The first-order chi connectivity index (χ1) is 8.69. The van der Waals surface area contributed by atoms with Gasteiger partial charge in [0.15, 0.2) is 0 Å². The monoisotopic (exact) mass is 251 g/mol. The van der Waals surface area contributed by atoms with E-state index in [1.165, 1.54) is 6.33 Å². The SMILES string of the molecule is CC(C)c1c(NN)ncnc1N(CCO)C1CC1. The van der Waals surface area contributed by atoms with Gasteiger partial charge in [-0.1, -0.05) is 13.8 Å². The zero-order valence-corrected chi connectivity index (χ0v) is 10.9. The number of aliphatic hydroxyl groups is 1. The highest BCUT2D eigenvalue weighted by Crippen LogP contribution is 2.36. The fourth-order valence-corrected chi connectivity index (χ4v) is 2.22. The molecule has 0 bridgehead atoms. The van der Waals surface area contributed by atoms with Crippen molar-refractivity contribution in [3.8, 4) is 0 Å². The summed E-state index contributed by atoms with van der Waals surface area (Å²) in [7, 11) is 0. The number of hydrogen-bond acceptors (Lipinski definition) is 6. The number of nitrogens with two attached hydrogens (primary N) is 1. The van der Waals surface area contributed by atoms with Crippen molar-refractivity contribution in [1.29, 1.82) is 0 Å². The van der Waals surface area contributed by atoms with E-state index in [2.05, 4.69) is 34.1 Å². The van der Waals surface area contributed by atoms with Crippen LogP contribution < -0.4 is 16.2 Å². The highest BCUT2D eigenvalue weighted by Gasteiger charge is 2.32. The Morgan fingerprint density at radius 3 is 2.72 bits per heavy atom. The van der Waals surface area contributed by atoms with Gasteiger partial charge in [0.2, 0.25) is 0 Å². The number of hydrogen-bond donors (Lipinski definition) is 3. The predicted molar refractivity (Wildman–Crippen MR) is 71.4 cm³/mol. The van der Waals surface area contributed by atoms with E-state index in [-0.39, 0.29) is 12.5 Å². The molecule has 1 heterocycles. The number of hydrazine groups is 1. The third kappa shape index (κ3) is 2.54. The lowest BCUT2D eigenvalue weighted by atomic mass is 10.0. The zero-order chi connectivity index (χ0) is 13.1. The molecule has 0 aliphatic heterocycles. The van der Waals surface area contributed by atoms with Gasteiger partial charge in [0.1, 0.15) is 18.0 Å². The van der Waals surface area contributed by atoms with Crippen molar-refractivity contribution in [3.05, 3.63) is 11.9 Å². The van der Waals surface area contributed by atoms with Crippen molar-refractivity contribution in [2.75, 3.05) is 23.5 Å². The summed E-state index contributed by atoms with van der Waals surface area (Å²) in [5, 5.41) is 9.21. The van der Waals surface area contributed by atoms with Crippen molar-refractivity contribution in [3.63, 3.8) is 0 Å². The van der Waals surface area contributed by atoms with Crippen molar-refractivity contribution >= 4 is 11.6 Å². The standard InChI is InChI=1S/C12H21N5O/c1-8(2)10-11(16-13)14-7-15-12(10)17(5-6-18)9-3-4-9/h7-9,18H,3-6,13H2,1-2H3,(H,14,15,16). The Labute approximate surface area is 107 Å². The van der Waals surface area contributed by atoms with Crippen LogP contribution in [0.1, 0.15) is 38.2 Å². The molecular weight excluding hydrogens is 230 g/mol. The molecule has 6 nitrogen and oxygen atoms in total. The van der Waals surface area contributed by atoms with Crippen molar-refractivity contribution < 1.29 is 5.11 Å². The van der Waals surface area contributed by atoms with E-state index in [4.69, 9.17) is 5.84 Å². The Balaban J connectivity index is 2.40. The van der Waals surface area contributed by atoms with Gasteiger partial charge in [-0.15, -0.1) is 0 Å². The van der Waals surface area contributed by atoms with Crippen LogP contribution in [0.25, 0.3) is 0 Å². The molecule has 0 atom stereocenters. The van der Waals surface area contributed by atoms with Crippen LogP contribution in [0.3, 0.4) is 0 Å². The second-order valence-electron chi connectivity index (χ2n) is 4.91. The second kappa shape index (κ2) is 5.49. The molecule has 4 N–H and O–H groups in total. The van der Waals surface area contributed by atoms with Gasteiger partial charge in [0.05, 0.1) is 6.61 Å². The van der Waals surface area contributed by atoms with Gasteiger partial charge in [0.25, 0.3) is 0 Å². The topological polar surface area (TPSA) is 87.3 Å². The average molecular weight is 251 g/mol. The maximum Gasteiger partial charge on any atom is 0.148 e.